The zero-order chi connectivity index (χ0) is 10.0. The smallest absolute Gasteiger partial charge is 0.0111 e. The summed E-state index contributed by atoms with van der Waals surface area (Å²) in [7, 11) is 4.34. The first-order valence-corrected chi connectivity index (χ1v) is 5.43. The van der Waals surface area contributed by atoms with Crippen molar-refractivity contribution >= 4 is 0 Å². The van der Waals surface area contributed by atoms with Gasteiger partial charge < -0.3 is 4.90 Å². The van der Waals surface area contributed by atoms with Gasteiger partial charge in [-0.2, -0.15) is 0 Å². The van der Waals surface area contributed by atoms with Gasteiger partial charge in [-0.1, -0.05) is 0 Å². The van der Waals surface area contributed by atoms with E-state index < -0.39 is 0 Å². The topological polar surface area (TPSA) is 6.48 Å². The van der Waals surface area contributed by atoms with Crippen LogP contribution in [0.4, 0.5) is 0 Å². The van der Waals surface area contributed by atoms with Crippen LogP contribution in [-0.2, 0) is 0 Å². The standard InChI is InChI=1S/C11H24N2/c1-9(2)13-7-6-11(10(13)3)8-12(4)5/h9-11H,6-8H2,1-5H3. The summed E-state index contributed by atoms with van der Waals surface area (Å²) in [5.74, 6) is 0.873. The van der Waals surface area contributed by atoms with Gasteiger partial charge in [0.25, 0.3) is 0 Å². The van der Waals surface area contributed by atoms with Crippen LogP contribution in [-0.4, -0.2) is 49.1 Å². The van der Waals surface area contributed by atoms with E-state index in [2.05, 4.69) is 44.7 Å². The molecule has 1 aliphatic heterocycles. The second-order valence-corrected chi connectivity index (χ2v) is 4.88. The molecule has 0 N–H and O–H groups in total. The van der Waals surface area contributed by atoms with Crippen molar-refractivity contribution in [3.05, 3.63) is 0 Å². The van der Waals surface area contributed by atoms with E-state index in [1.54, 1.807) is 0 Å². The summed E-state index contributed by atoms with van der Waals surface area (Å²) < 4.78 is 0. The molecular weight excluding hydrogens is 160 g/mol. The molecule has 1 aliphatic rings. The fourth-order valence-corrected chi connectivity index (χ4v) is 2.47. The van der Waals surface area contributed by atoms with Crippen molar-refractivity contribution in [3.8, 4) is 0 Å². The van der Waals surface area contributed by atoms with Crippen LogP contribution in [0.25, 0.3) is 0 Å². The number of nitrogens with zero attached hydrogens (tertiary/aromatic N) is 2. The van der Waals surface area contributed by atoms with Gasteiger partial charge in [-0.3, -0.25) is 4.90 Å². The monoisotopic (exact) mass is 184 g/mol. The van der Waals surface area contributed by atoms with Crippen LogP contribution >= 0.6 is 0 Å². The molecule has 2 heteroatoms. The van der Waals surface area contributed by atoms with Gasteiger partial charge in [-0.05, 0) is 53.8 Å². The summed E-state index contributed by atoms with van der Waals surface area (Å²) >= 11 is 0. The maximum Gasteiger partial charge on any atom is 0.0111 e. The van der Waals surface area contributed by atoms with Gasteiger partial charge in [-0.25, -0.2) is 0 Å². The van der Waals surface area contributed by atoms with E-state index in [1.165, 1.54) is 19.5 Å². The Morgan fingerprint density at radius 1 is 1.38 bits per heavy atom. The van der Waals surface area contributed by atoms with Crippen molar-refractivity contribution < 1.29 is 0 Å². The third kappa shape index (κ3) is 2.68. The Morgan fingerprint density at radius 3 is 2.38 bits per heavy atom. The van der Waals surface area contributed by atoms with E-state index in [1.807, 2.05) is 0 Å². The highest BCUT2D eigenvalue weighted by Crippen LogP contribution is 2.26. The Balaban J connectivity index is 2.45. The normalized spacial score (nSPS) is 30.7. The zero-order valence-electron chi connectivity index (χ0n) is 9.75. The highest BCUT2D eigenvalue weighted by molar-refractivity contribution is 4.86. The van der Waals surface area contributed by atoms with Crippen LogP contribution < -0.4 is 0 Å². The van der Waals surface area contributed by atoms with Crippen molar-refractivity contribution in [2.45, 2.75) is 39.3 Å². The Bertz CT molecular complexity index is 154. The summed E-state index contributed by atoms with van der Waals surface area (Å²) in [5.41, 5.74) is 0. The molecule has 2 nitrogen and oxygen atoms in total. The molecule has 1 saturated heterocycles. The van der Waals surface area contributed by atoms with Crippen LogP contribution in [0.15, 0.2) is 0 Å². The first-order chi connectivity index (χ1) is 6.02. The Kier molecular flexibility index (Phi) is 3.74. The lowest BCUT2D eigenvalue weighted by molar-refractivity contribution is 0.181. The Hall–Kier alpha value is -0.0800. The molecule has 0 aliphatic carbocycles. The average molecular weight is 184 g/mol. The molecule has 0 radical (unpaired) electrons. The van der Waals surface area contributed by atoms with Crippen molar-refractivity contribution in [2.24, 2.45) is 5.92 Å². The van der Waals surface area contributed by atoms with Gasteiger partial charge in [0.1, 0.15) is 0 Å². The summed E-state index contributed by atoms with van der Waals surface area (Å²) in [6.07, 6.45) is 1.37. The van der Waals surface area contributed by atoms with Gasteiger partial charge in [0.05, 0.1) is 0 Å². The van der Waals surface area contributed by atoms with E-state index in [4.69, 9.17) is 0 Å². The molecule has 0 amide bonds. The van der Waals surface area contributed by atoms with Crippen LogP contribution in [0.5, 0.6) is 0 Å². The van der Waals surface area contributed by atoms with Crippen molar-refractivity contribution in [3.63, 3.8) is 0 Å². The first-order valence-electron chi connectivity index (χ1n) is 5.43. The molecule has 1 rings (SSSR count). The summed E-state index contributed by atoms with van der Waals surface area (Å²) in [4.78, 5) is 4.93. The van der Waals surface area contributed by atoms with Crippen molar-refractivity contribution in [1.29, 1.82) is 0 Å². The summed E-state index contributed by atoms with van der Waals surface area (Å²) in [6.45, 7) is 9.51. The van der Waals surface area contributed by atoms with E-state index in [0.29, 0.717) is 6.04 Å². The predicted molar refractivity (Wildman–Crippen MR) is 58.0 cm³/mol. The van der Waals surface area contributed by atoms with Gasteiger partial charge in [0, 0.05) is 18.6 Å². The molecule has 78 valence electrons. The molecule has 13 heavy (non-hydrogen) atoms. The van der Waals surface area contributed by atoms with E-state index in [0.717, 1.165) is 12.0 Å². The van der Waals surface area contributed by atoms with E-state index >= 15 is 0 Å². The molecule has 2 unspecified atom stereocenters. The van der Waals surface area contributed by atoms with Crippen LogP contribution in [0.2, 0.25) is 0 Å². The number of hydrogen-bond acceptors (Lipinski definition) is 2. The molecule has 0 spiro atoms. The zero-order valence-corrected chi connectivity index (χ0v) is 9.75. The number of likely N-dealkylation sites (tertiary alicyclic amines) is 1. The average Bonchev–Trinajstić information content (AvgIpc) is 2.32. The highest BCUT2D eigenvalue weighted by atomic mass is 15.2. The number of hydrogen-bond donors (Lipinski definition) is 0. The van der Waals surface area contributed by atoms with Crippen molar-refractivity contribution in [2.75, 3.05) is 27.2 Å². The molecule has 2 atom stereocenters. The molecular formula is C11H24N2. The minimum atomic E-state index is 0.710. The largest absolute Gasteiger partial charge is 0.309 e. The second-order valence-electron chi connectivity index (χ2n) is 4.88. The maximum absolute atomic E-state index is 2.62. The third-order valence-electron chi connectivity index (χ3n) is 3.23. The fraction of sp³-hybridized carbons (Fsp3) is 1.00. The van der Waals surface area contributed by atoms with Gasteiger partial charge in [0.2, 0.25) is 0 Å². The SMILES string of the molecule is CC(C)N1CCC(CN(C)C)C1C. The Morgan fingerprint density at radius 2 is 2.00 bits per heavy atom. The number of rotatable bonds is 3. The molecule has 1 fully saturated rings. The minimum Gasteiger partial charge on any atom is -0.309 e. The maximum atomic E-state index is 2.62. The third-order valence-corrected chi connectivity index (χ3v) is 3.23. The van der Waals surface area contributed by atoms with Crippen LogP contribution in [0.1, 0.15) is 27.2 Å². The lowest BCUT2D eigenvalue weighted by Gasteiger charge is -2.29. The molecule has 0 bridgehead atoms. The van der Waals surface area contributed by atoms with Gasteiger partial charge >= 0.3 is 0 Å². The molecule has 0 aromatic carbocycles. The minimum absolute atomic E-state index is 0.710. The molecule has 1 heterocycles. The van der Waals surface area contributed by atoms with Crippen LogP contribution in [0.3, 0.4) is 0 Å². The summed E-state index contributed by atoms with van der Waals surface area (Å²) in [5, 5.41) is 0. The molecule has 0 saturated carbocycles. The highest BCUT2D eigenvalue weighted by Gasteiger charge is 2.31. The quantitative estimate of drug-likeness (QED) is 0.658. The van der Waals surface area contributed by atoms with Crippen LogP contribution in [0, 0.1) is 5.92 Å². The van der Waals surface area contributed by atoms with E-state index in [-0.39, 0.29) is 0 Å². The molecule has 0 aromatic heterocycles. The molecule has 0 aromatic rings. The van der Waals surface area contributed by atoms with Gasteiger partial charge in [-0.15, -0.1) is 0 Å². The van der Waals surface area contributed by atoms with Gasteiger partial charge in [0.15, 0.2) is 0 Å². The fourth-order valence-electron chi connectivity index (χ4n) is 2.47. The lowest BCUT2D eigenvalue weighted by atomic mass is 10.0. The Labute approximate surface area is 82.9 Å². The first kappa shape index (κ1) is 11.0. The summed E-state index contributed by atoms with van der Waals surface area (Å²) in [6, 6.07) is 1.48. The lowest BCUT2D eigenvalue weighted by Crippen LogP contribution is -2.38. The second kappa shape index (κ2) is 4.43. The predicted octanol–water partition coefficient (Wildman–Crippen LogP) is 1.67. The van der Waals surface area contributed by atoms with E-state index in [9.17, 15) is 0 Å². The van der Waals surface area contributed by atoms with Crippen molar-refractivity contribution in [1.82, 2.24) is 9.80 Å².